The Balaban J connectivity index is 1.96. The van der Waals surface area contributed by atoms with Crippen molar-refractivity contribution in [2.24, 2.45) is 5.10 Å². The molecule has 2 aromatic rings. The molecule has 2 N–H and O–H groups in total. The van der Waals surface area contributed by atoms with Crippen molar-refractivity contribution in [1.82, 2.24) is 5.43 Å². The first-order valence-corrected chi connectivity index (χ1v) is 9.35. The topological polar surface area (TPSA) is 80.2 Å². The van der Waals surface area contributed by atoms with Crippen molar-refractivity contribution in [2.75, 3.05) is 13.2 Å². The molecule has 6 nitrogen and oxygen atoms in total. The lowest BCUT2D eigenvalue weighted by Gasteiger charge is -2.09. The van der Waals surface area contributed by atoms with Gasteiger partial charge in [0.1, 0.15) is 5.75 Å². The van der Waals surface area contributed by atoms with E-state index < -0.39 is 5.91 Å². The van der Waals surface area contributed by atoms with Gasteiger partial charge in [0.15, 0.2) is 18.1 Å². The largest absolute Gasteiger partial charge is 0.504 e. The average Bonchev–Trinajstić information content (AvgIpc) is 2.61. The molecule has 27 heavy (non-hydrogen) atoms. The van der Waals surface area contributed by atoms with Gasteiger partial charge in [-0.15, -0.1) is 0 Å². The van der Waals surface area contributed by atoms with Crippen molar-refractivity contribution in [1.29, 1.82) is 0 Å². The number of hydrogen-bond acceptors (Lipinski definition) is 5. The van der Waals surface area contributed by atoms with Crippen LogP contribution in [0.2, 0.25) is 5.02 Å². The number of aromatic hydroxyl groups is 1. The van der Waals surface area contributed by atoms with Gasteiger partial charge in [-0.25, -0.2) is 5.43 Å². The van der Waals surface area contributed by atoms with Crippen LogP contribution in [0.25, 0.3) is 0 Å². The van der Waals surface area contributed by atoms with Gasteiger partial charge in [0, 0.05) is 15.1 Å². The van der Waals surface area contributed by atoms with E-state index in [-0.39, 0.29) is 12.4 Å². The Morgan fingerprint density at radius 1 is 1.26 bits per heavy atom. The Kier molecular flexibility index (Phi) is 7.50. The Morgan fingerprint density at radius 2 is 1.93 bits per heavy atom. The molecule has 0 fully saturated rings. The van der Waals surface area contributed by atoms with Crippen LogP contribution in [0.1, 0.15) is 23.6 Å². The van der Waals surface area contributed by atoms with Gasteiger partial charge in [-0.3, -0.25) is 4.79 Å². The zero-order valence-electron chi connectivity index (χ0n) is 15.2. The van der Waals surface area contributed by atoms with Crippen LogP contribution in [0.4, 0.5) is 0 Å². The number of ether oxygens (including phenoxy) is 2. The highest BCUT2D eigenvalue weighted by molar-refractivity contribution is 9.10. The van der Waals surface area contributed by atoms with E-state index in [2.05, 4.69) is 26.5 Å². The first kappa shape index (κ1) is 21.1. The van der Waals surface area contributed by atoms with Gasteiger partial charge in [0.2, 0.25) is 0 Å². The lowest BCUT2D eigenvalue weighted by Crippen LogP contribution is -2.24. The van der Waals surface area contributed by atoms with Gasteiger partial charge < -0.3 is 14.6 Å². The van der Waals surface area contributed by atoms with E-state index in [1.807, 2.05) is 20.8 Å². The molecule has 0 unspecified atom stereocenters. The molecule has 0 aliphatic heterocycles. The van der Waals surface area contributed by atoms with Gasteiger partial charge in [-0.1, -0.05) is 27.5 Å². The molecule has 0 aliphatic rings. The zero-order valence-corrected chi connectivity index (χ0v) is 17.5. The summed E-state index contributed by atoms with van der Waals surface area (Å²) in [5, 5.41) is 14.7. The molecule has 0 radical (unpaired) electrons. The number of rotatable bonds is 7. The maximum atomic E-state index is 11.9. The van der Waals surface area contributed by atoms with Crippen molar-refractivity contribution in [3.63, 3.8) is 0 Å². The number of hydrogen-bond donors (Lipinski definition) is 2. The van der Waals surface area contributed by atoms with Gasteiger partial charge in [0.05, 0.1) is 12.8 Å². The second kappa shape index (κ2) is 9.62. The van der Waals surface area contributed by atoms with E-state index in [0.717, 1.165) is 11.1 Å². The molecule has 0 spiro atoms. The normalized spacial score (nSPS) is 10.9. The Labute approximate surface area is 171 Å². The van der Waals surface area contributed by atoms with Crippen LogP contribution < -0.4 is 14.9 Å². The average molecular weight is 456 g/mol. The maximum absolute atomic E-state index is 11.9. The number of aryl methyl sites for hydroxylation is 2. The molecule has 0 bridgehead atoms. The summed E-state index contributed by atoms with van der Waals surface area (Å²) < 4.78 is 11.5. The SMILES string of the molecule is CCOc1cc(Br)cc(/C=N\NC(=O)COc2cc(C)c(Cl)c(C)c2)c1O. The van der Waals surface area contributed by atoms with Crippen molar-refractivity contribution < 1.29 is 19.4 Å². The molecule has 8 heteroatoms. The lowest BCUT2D eigenvalue weighted by molar-refractivity contribution is -0.123. The molecule has 0 atom stereocenters. The molecule has 2 rings (SSSR count). The summed E-state index contributed by atoms with van der Waals surface area (Å²) in [6.07, 6.45) is 1.33. The number of benzene rings is 2. The number of carbonyl (C=O) groups excluding carboxylic acids is 1. The third-order valence-corrected chi connectivity index (χ3v) is 4.60. The summed E-state index contributed by atoms with van der Waals surface area (Å²) in [4.78, 5) is 11.9. The lowest BCUT2D eigenvalue weighted by atomic mass is 10.1. The van der Waals surface area contributed by atoms with Crippen LogP contribution in [-0.4, -0.2) is 30.4 Å². The highest BCUT2D eigenvalue weighted by Crippen LogP contribution is 2.32. The predicted molar refractivity (Wildman–Crippen MR) is 109 cm³/mol. The highest BCUT2D eigenvalue weighted by Gasteiger charge is 2.09. The van der Waals surface area contributed by atoms with Crippen molar-refractivity contribution >= 4 is 39.7 Å². The monoisotopic (exact) mass is 454 g/mol. The number of nitrogens with zero attached hydrogens (tertiary/aromatic N) is 1. The van der Waals surface area contributed by atoms with E-state index in [1.54, 1.807) is 24.3 Å². The third-order valence-electron chi connectivity index (χ3n) is 3.54. The Morgan fingerprint density at radius 3 is 2.56 bits per heavy atom. The summed E-state index contributed by atoms with van der Waals surface area (Å²) in [7, 11) is 0. The smallest absolute Gasteiger partial charge is 0.277 e. The van der Waals surface area contributed by atoms with Crippen LogP contribution in [0, 0.1) is 13.8 Å². The van der Waals surface area contributed by atoms with Crippen LogP contribution in [0.3, 0.4) is 0 Å². The van der Waals surface area contributed by atoms with Crippen LogP contribution in [0.5, 0.6) is 17.2 Å². The van der Waals surface area contributed by atoms with E-state index in [4.69, 9.17) is 21.1 Å². The third kappa shape index (κ3) is 5.87. The summed E-state index contributed by atoms with van der Waals surface area (Å²) in [5.74, 6) is 0.397. The minimum absolute atomic E-state index is 0.0542. The van der Waals surface area contributed by atoms with Gasteiger partial charge in [-0.2, -0.15) is 5.10 Å². The minimum Gasteiger partial charge on any atom is -0.504 e. The molecule has 2 aromatic carbocycles. The van der Waals surface area contributed by atoms with Crippen molar-refractivity contribution in [3.8, 4) is 17.2 Å². The fraction of sp³-hybridized carbons (Fsp3) is 0.263. The molecular formula is C19H20BrClN2O4. The Hall–Kier alpha value is -2.25. The van der Waals surface area contributed by atoms with Crippen LogP contribution >= 0.6 is 27.5 Å². The van der Waals surface area contributed by atoms with E-state index in [9.17, 15) is 9.90 Å². The summed E-state index contributed by atoms with van der Waals surface area (Å²) in [5.41, 5.74) is 4.50. The van der Waals surface area contributed by atoms with Gasteiger partial charge in [0.25, 0.3) is 5.91 Å². The number of carbonyl (C=O) groups is 1. The maximum Gasteiger partial charge on any atom is 0.277 e. The summed E-state index contributed by atoms with van der Waals surface area (Å²) >= 11 is 9.44. The first-order valence-electron chi connectivity index (χ1n) is 8.18. The quantitative estimate of drug-likeness (QED) is 0.480. The molecule has 0 saturated heterocycles. The number of halogens is 2. The second-order valence-corrected chi connectivity index (χ2v) is 7.02. The fourth-order valence-corrected chi connectivity index (χ4v) is 2.87. The summed E-state index contributed by atoms with van der Waals surface area (Å²) in [6.45, 7) is 5.77. The molecule has 0 saturated carbocycles. The van der Waals surface area contributed by atoms with Gasteiger partial charge >= 0.3 is 0 Å². The number of hydrazone groups is 1. The number of nitrogens with one attached hydrogen (secondary N) is 1. The van der Waals surface area contributed by atoms with Gasteiger partial charge in [-0.05, 0) is 56.2 Å². The van der Waals surface area contributed by atoms with E-state index in [1.165, 1.54) is 6.21 Å². The minimum atomic E-state index is -0.434. The molecule has 0 aliphatic carbocycles. The van der Waals surface area contributed by atoms with Crippen LogP contribution in [-0.2, 0) is 4.79 Å². The van der Waals surface area contributed by atoms with Crippen molar-refractivity contribution in [3.05, 3.63) is 50.5 Å². The standard InChI is InChI=1S/C19H20BrClN2O4/c1-4-26-16-8-14(20)7-13(19(16)25)9-22-23-17(24)10-27-15-5-11(2)18(21)12(3)6-15/h5-9,25H,4,10H2,1-3H3,(H,23,24)/b22-9-. The molecule has 0 heterocycles. The fourth-order valence-electron chi connectivity index (χ4n) is 2.30. The first-order chi connectivity index (χ1) is 12.8. The molecular weight excluding hydrogens is 436 g/mol. The molecule has 144 valence electrons. The number of phenols is 1. The molecule has 0 aromatic heterocycles. The predicted octanol–water partition coefficient (Wildman–Crippen LogP) is 4.35. The number of amides is 1. The summed E-state index contributed by atoms with van der Waals surface area (Å²) in [6, 6.07) is 6.84. The van der Waals surface area contributed by atoms with Crippen LogP contribution in [0.15, 0.2) is 33.8 Å². The van der Waals surface area contributed by atoms with E-state index in [0.29, 0.717) is 33.2 Å². The number of phenolic OH excluding ortho intramolecular Hbond substituents is 1. The second-order valence-electron chi connectivity index (χ2n) is 5.73. The van der Waals surface area contributed by atoms with Crippen molar-refractivity contribution in [2.45, 2.75) is 20.8 Å². The zero-order chi connectivity index (χ0) is 20.0. The Bertz CT molecular complexity index is 848. The highest BCUT2D eigenvalue weighted by atomic mass is 79.9. The molecule has 1 amide bonds. The van der Waals surface area contributed by atoms with E-state index >= 15 is 0 Å².